The van der Waals surface area contributed by atoms with Crippen LogP contribution in [0.2, 0.25) is 0 Å². The van der Waals surface area contributed by atoms with E-state index in [1.54, 1.807) is 6.08 Å². The highest BCUT2D eigenvalue weighted by molar-refractivity contribution is 6.31. The second kappa shape index (κ2) is 14.3. The van der Waals surface area contributed by atoms with E-state index in [4.69, 9.17) is 0 Å². The van der Waals surface area contributed by atoms with Gasteiger partial charge in [0.15, 0.2) is 0 Å². The van der Waals surface area contributed by atoms with Gasteiger partial charge in [0, 0.05) is 45.2 Å². The Bertz CT molecular complexity index is 1690. The molecule has 8 heteroatoms. The number of nitrogens with one attached hydrogen (secondary N) is 1. The van der Waals surface area contributed by atoms with E-state index in [0.29, 0.717) is 37.1 Å². The number of benzene rings is 4. The van der Waals surface area contributed by atoms with Crippen molar-refractivity contribution in [1.29, 1.82) is 0 Å². The SMILES string of the molecule is O=C(/C=C/c1cc(-c2cccc3ccccc23)ccc1CN(Cc1ccccc1)C(=O)C(=O)O)NCCCN1CCCC1=O. The van der Waals surface area contributed by atoms with Crippen molar-refractivity contribution in [3.63, 3.8) is 0 Å². The van der Waals surface area contributed by atoms with Crippen molar-refractivity contribution in [2.75, 3.05) is 19.6 Å². The summed E-state index contributed by atoms with van der Waals surface area (Å²) in [6.45, 7) is 2.00. The Hall–Kier alpha value is -5.24. The first-order chi connectivity index (χ1) is 21.4. The van der Waals surface area contributed by atoms with E-state index in [2.05, 4.69) is 23.5 Å². The molecule has 0 bridgehead atoms. The molecule has 0 saturated carbocycles. The highest BCUT2D eigenvalue weighted by Crippen LogP contribution is 2.31. The molecule has 3 amide bonds. The molecule has 224 valence electrons. The number of amides is 3. The van der Waals surface area contributed by atoms with Crippen molar-refractivity contribution in [2.45, 2.75) is 32.4 Å². The molecule has 0 spiro atoms. The normalized spacial score (nSPS) is 13.0. The van der Waals surface area contributed by atoms with Gasteiger partial charge in [0.1, 0.15) is 0 Å². The molecule has 4 aromatic carbocycles. The van der Waals surface area contributed by atoms with Crippen molar-refractivity contribution in [1.82, 2.24) is 15.1 Å². The van der Waals surface area contributed by atoms with Crippen molar-refractivity contribution < 1.29 is 24.3 Å². The first-order valence-corrected chi connectivity index (χ1v) is 14.8. The van der Waals surface area contributed by atoms with Crippen LogP contribution in [0.25, 0.3) is 28.0 Å². The van der Waals surface area contributed by atoms with Crippen LogP contribution in [0, 0.1) is 0 Å². The first-order valence-electron chi connectivity index (χ1n) is 14.8. The molecule has 0 radical (unpaired) electrons. The highest BCUT2D eigenvalue weighted by atomic mass is 16.4. The summed E-state index contributed by atoms with van der Waals surface area (Å²) >= 11 is 0. The largest absolute Gasteiger partial charge is 0.474 e. The average molecular weight is 590 g/mol. The fourth-order valence-corrected chi connectivity index (χ4v) is 5.53. The maximum atomic E-state index is 12.8. The van der Waals surface area contributed by atoms with E-state index >= 15 is 0 Å². The predicted octanol–water partition coefficient (Wildman–Crippen LogP) is 5.26. The molecule has 1 heterocycles. The van der Waals surface area contributed by atoms with Crippen LogP contribution >= 0.6 is 0 Å². The van der Waals surface area contributed by atoms with Gasteiger partial charge >= 0.3 is 11.9 Å². The van der Waals surface area contributed by atoms with Gasteiger partial charge in [-0.1, -0.05) is 84.9 Å². The van der Waals surface area contributed by atoms with Gasteiger partial charge < -0.3 is 20.2 Å². The summed E-state index contributed by atoms with van der Waals surface area (Å²) in [6.07, 6.45) is 5.30. The third-order valence-corrected chi connectivity index (χ3v) is 7.78. The van der Waals surface area contributed by atoms with E-state index in [-0.39, 0.29) is 24.9 Å². The minimum atomic E-state index is -1.53. The minimum absolute atomic E-state index is 0.0427. The van der Waals surface area contributed by atoms with Gasteiger partial charge in [-0.3, -0.25) is 14.4 Å². The quantitative estimate of drug-likeness (QED) is 0.141. The smallest absolute Gasteiger partial charge is 0.394 e. The second-order valence-corrected chi connectivity index (χ2v) is 10.9. The Labute approximate surface area is 256 Å². The predicted molar refractivity (Wildman–Crippen MR) is 170 cm³/mol. The third-order valence-electron chi connectivity index (χ3n) is 7.78. The number of fused-ring (bicyclic) bond motifs is 1. The lowest BCUT2D eigenvalue weighted by Gasteiger charge is -2.22. The number of aliphatic carboxylic acids is 1. The van der Waals surface area contributed by atoms with Crippen molar-refractivity contribution in [3.8, 4) is 11.1 Å². The van der Waals surface area contributed by atoms with Crippen LogP contribution in [0.4, 0.5) is 0 Å². The van der Waals surface area contributed by atoms with Gasteiger partial charge in [-0.15, -0.1) is 0 Å². The van der Waals surface area contributed by atoms with Crippen LogP contribution in [-0.4, -0.2) is 58.2 Å². The van der Waals surface area contributed by atoms with Gasteiger partial charge in [0.25, 0.3) is 0 Å². The van der Waals surface area contributed by atoms with E-state index in [9.17, 15) is 24.3 Å². The Morgan fingerprint density at radius 3 is 2.45 bits per heavy atom. The van der Waals surface area contributed by atoms with Gasteiger partial charge in [-0.2, -0.15) is 0 Å². The number of nitrogens with zero attached hydrogens (tertiary/aromatic N) is 2. The van der Waals surface area contributed by atoms with E-state index in [1.807, 2.05) is 77.7 Å². The molecule has 0 atom stereocenters. The van der Waals surface area contributed by atoms with Gasteiger partial charge in [0.05, 0.1) is 0 Å². The summed E-state index contributed by atoms with van der Waals surface area (Å²) in [6, 6.07) is 29.2. The molecule has 5 rings (SSSR count). The summed E-state index contributed by atoms with van der Waals surface area (Å²) < 4.78 is 0. The fraction of sp³-hybridized carbons (Fsp3) is 0.222. The zero-order valence-electron chi connectivity index (χ0n) is 24.4. The van der Waals surface area contributed by atoms with Crippen LogP contribution < -0.4 is 5.32 Å². The van der Waals surface area contributed by atoms with Crippen LogP contribution in [0.1, 0.15) is 36.0 Å². The zero-order valence-corrected chi connectivity index (χ0v) is 24.4. The summed E-state index contributed by atoms with van der Waals surface area (Å²) in [4.78, 5) is 52.2. The van der Waals surface area contributed by atoms with E-state index in [0.717, 1.165) is 40.4 Å². The number of carboxylic acid groups (broad SMARTS) is 1. The zero-order chi connectivity index (χ0) is 30.9. The number of carboxylic acids is 1. The number of hydrogen-bond acceptors (Lipinski definition) is 4. The molecule has 44 heavy (non-hydrogen) atoms. The topological polar surface area (TPSA) is 107 Å². The van der Waals surface area contributed by atoms with Gasteiger partial charge in [-0.05, 0) is 63.6 Å². The Morgan fingerprint density at radius 1 is 0.909 bits per heavy atom. The Morgan fingerprint density at radius 2 is 1.68 bits per heavy atom. The van der Waals surface area contributed by atoms with Crippen molar-refractivity contribution >= 4 is 40.5 Å². The third kappa shape index (κ3) is 7.58. The van der Waals surface area contributed by atoms with E-state index in [1.165, 1.54) is 11.0 Å². The molecule has 8 nitrogen and oxygen atoms in total. The monoisotopic (exact) mass is 589 g/mol. The molecule has 4 aromatic rings. The first kappa shape index (κ1) is 30.2. The molecule has 0 aromatic heterocycles. The molecule has 2 N–H and O–H groups in total. The van der Waals surface area contributed by atoms with Gasteiger partial charge in [-0.25, -0.2) is 4.79 Å². The molecule has 0 unspecified atom stereocenters. The lowest BCUT2D eigenvalue weighted by molar-refractivity contribution is -0.156. The molecule has 1 aliphatic rings. The van der Waals surface area contributed by atoms with Crippen molar-refractivity contribution in [2.24, 2.45) is 0 Å². The molecule has 1 saturated heterocycles. The van der Waals surface area contributed by atoms with Crippen LogP contribution in [-0.2, 0) is 32.3 Å². The van der Waals surface area contributed by atoms with E-state index < -0.39 is 11.9 Å². The number of carbonyl (C=O) groups is 4. The molecule has 0 aliphatic carbocycles. The summed E-state index contributed by atoms with van der Waals surface area (Å²) in [5.74, 6) is -2.64. The van der Waals surface area contributed by atoms with Gasteiger partial charge in [0.2, 0.25) is 11.8 Å². The number of rotatable bonds is 11. The molecule has 1 aliphatic heterocycles. The van der Waals surface area contributed by atoms with Crippen molar-refractivity contribution in [3.05, 3.63) is 114 Å². The summed E-state index contributed by atoms with van der Waals surface area (Å²) in [5, 5.41) is 14.6. The number of hydrogen-bond donors (Lipinski definition) is 2. The number of likely N-dealkylation sites (tertiary alicyclic amines) is 1. The second-order valence-electron chi connectivity index (χ2n) is 10.9. The van der Waals surface area contributed by atoms with Crippen LogP contribution in [0.3, 0.4) is 0 Å². The number of carbonyl (C=O) groups excluding carboxylic acids is 3. The molecular weight excluding hydrogens is 554 g/mol. The summed E-state index contributed by atoms with van der Waals surface area (Å²) in [7, 11) is 0. The van der Waals surface area contributed by atoms with Crippen LogP contribution in [0.5, 0.6) is 0 Å². The fourth-order valence-electron chi connectivity index (χ4n) is 5.53. The Kier molecular flexibility index (Phi) is 9.81. The molecule has 1 fully saturated rings. The lowest BCUT2D eigenvalue weighted by atomic mass is 9.94. The summed E-state index contributed by atoms with van der Waals surface area (Å²) in [5.41, 5.74) is 4.16. The Balaban J connectivity index is 1.40. The molecular formula is C36H35N3O5. The highest BCUT2D eigenvalue weighted by Gasteiger charge is 2.23. The lowest BCUT2D eigenvalue weighted by Crippen LogP contribution is -2.35. The minimum Gasteiger partial charge on any atom is -0.474 e. The standard InChI is InChI=1S/C36H35N3O5/c40-33(37-20-8-22-38-21-7-15-34(38)41)19-18-28-23-29(32-14-6-12-27-11-4-5-13-31(27)32)16-17-30(28)25-39(35(42)36(43)44)24-26-9-2-1-3-10-26/h1-6,9-14,16-19,23H,7-8,15,20-22,24-25H2,(H,37,40)(H,43,44)/b19-18+. The average Bonchev–Trinajstić information content (AvgIpc) is 3.46. The van der Waals surface area contributed by atoms with Crippen LogP contribution in [0.15, 0.2) is 97.1 Å². The maximum absolute atomic E-state index is 12.8. The maximum Gasteiger partial charge on any atom is 0.394 e.